The Morgan fingerprint density at radius 3 is 2.58 bits per heavy atom. The van der Waals surface area contributed by atoms with Gasteiger partial charge in [0.15, 0.2) is 12.4 Å². The van der Waals surface area contributed by atoms with E-state index in [-0.39, 0.29) is 0 Å². The second kappa shape index (κ2) is 10.2. The Balaban J connectivity index is 2.06. The zero-order valence-electron chi connectivity index (χ0n) is 14.1. The molecule has 0 saturated heterocycles. The van der Waals surface area contributed by atoms with E-state index in [1.807, 2.05) is 20.2 Å². The maximum Gasteiger partial charge on any atom is 0.210 e. The molecule has 0 aliphatic heterocycles. The summed E-state index contributed by atoms with van der Waals surface area (Å²) in [5.41, 5.74) is 9.02. The number of rotatable bonds is 8. The molecule has 0 fully saturated rings. The van der Waals surface area contributed by atoms with Gasteiger partial charge in [0, 0.05) is 55.7 Å². The zero-order valence-corrected chi connectivity index (χ0v) is 15.8. The van der Waals surface area contributed by atoms with Crippen LogP contribution < -0.4 is 15.2 Å². The molecule has 0 saturated carbocycles. The molecular weight excluding hydrogens is 334 g/mol. The minimum atomic E-state index is 0.713. The molecule has 0 radical (unpaired) electrons. The molecule has 2 aromatic rings. The summed E-state index contributed by atoms with van der Waals surface area (Å²) in [6.07, 6.45) is 8.39. The first-order valence-electron chi connectivity index (χ1n) is 7.81. The van der Waals surface area contributed by atoms with Gasteiger partial charge in [0.1, 0.15) is 0 Å². The molecule has 0 atom stereocenters. The summed E-state index contributed by atoms with van der Waals surface area (Å²) in [6.45, 7) is 0.713. The van der Waals surface area contributed by atoms with E-state index < -0.39 is 0 Å². The minimum Gasteiger partial charge on any atom is -0.378 e. The average molecular weight is 359 g/mol. The summed E-state index contributed by atoms with van der Waals surface area (Å²) >= 11 is 0. The van der Waals surface area contributed by atoms with Gasteiger partial charge in [-0.2, -0.15) is 4.57 Å². The summed E-state index contributed by atoms with van der Waals surface area (Å²) in [4.78, 5) is 2.10. The van der Waals surface area contributed by atoms with Crippen LogP contribution in [-0.4, -0.2) is 26.4 Å². The third-order valence-electron chi connectivity index (χ3n) is 3.33. The monoisotopic (exact) mass is 358 g/mol. The molecule has 1 aromatic heterocycles. The van der Waals surface area contributed by atoms with Gasteiger partial charge in [-0.25, -0.2) is 0 Å². The lowest BCUT2D eigenvalue weighted by molar-refractivity contribution is -0.570. The van der Waals surface area contributed by atoms with Crippen LogP contribution >= 0.6 is 21.6 Å². The third-order valence-corrected chi connectivity index (χ3v) is 5.34. The molecule has 0 amide bonds. The van der Waals surface area contributed by atoms with Gasteiger partial charge in [-0.1, -0.05) is 33.7 Å². The van der Waals surface area contributed by atoms with E-state index in [4.69, 9.17) is 5.73 Å². The molecule has 2 N–H and O–H groups in total. The molecule has 3 nitrogen and oxygen atoms in total. The molecule has 0 spiro atoms. The van der Waals surface area contributed by atoms with Gasteiger partial charge in [-0.15, -0.1) is 0 Å². The molecule has 1 heterocycles. The number of benzene rings is 1. The van der Waals surface area contributed by atoms with Gasteiger partial charge in [0.2, 0.25) is 5.69 Å². The van der Waals surface area contributed by atoms with Crippen LogP contribution in [0.4, 0.5) is 5.69 Å². The quantitative estimate of drug-likeness (QED) is 0.440. The van der Waals surface area contributed by atoms with Crippen LogP contribution in [0.1, 0.15) is 11.3 Å². The number of hydrogen-bond donors (Lipinski definition) is 1. The molecule has 1 aromatic carbocycles. The molecule has 5 heteroatoms. The highest BCUT2D eigenvalue weighted by Crippen LogP contribution is 2.21. The van der Waals surface area contributed by atoms with Gasteiger partial charge in [0.25, 0.3) is 0 Å². The smallest absolute Gasteiger partial charge is 0.210 e. The molecule has 0 bridgehead atoms. The first kappa shape index (κ1) is 18.6. The highest BCUT2D eigenvalue weighted by atomic mass is 33.1. The molecular formula is C19H24N3S2+. The van der Waals surface area contributed by atoms with E-state index in [9.17, 15) is 0 Å². The van der Waals surface area contributed by atoms with E-state index >= 15 is 0 Å². The van der Waals surface area contributed by atoms with Crippen LogP contribution in [0, 0.1) is 0 Å². The van der Waals surface area contributed by atoms with Crippen LogP contribution in [0.3, 0.4) is 0 Å². The van der Waals surface area contributed by atoms with Crippen LogP contribution in [0.15, 0.2) is 54.1 Å². The van der Waals surface area contributed by atoms with E-state index in [2.05, 4.69) is 75.8 Å². The Hall–Kier alpha value is -1.69. The van der Waals surface area contributed by atoms with Crippen molar-refractivity contribution in [1.82, 2.24) is 0 Å². The number of hydrogen-bond acceptors (Lipinski definition) is 4. The van der Waals surface area contributed by atoms with Crippen molar-refractivity contribution in [1.29, 1.82) is 0 Å². The predicted molar refractivity (Wildman–Crippen MR) is 111 cm³/mol. The fourth-order valence-electron chi connectivity index (χ4n) is 2.04. The lowest BCUT2D eigenvalue weighted by Gasteiger charge is -2.11. The molecule has 2 rings (SSSR count). The normalized spacial score (nSPS) is 11.5. The SMILES string of the molecule is CN(C)c1ccc(/C=C/c2cccc[n+]2/C=C/SSCCN)cc1. The molecule has 0 unspecified atom stereocenters. The van der Waals surface area contributed by atoms with E-state index in [1.165, 1.54) is 11.3 Å². The van der Waals surface area contributed by atoms with Crippen molar-refractivity contribution in [3.63, 3.8) is 0 Å². The van der Waals surface area contributed by atoms with Gasteiger partial charge < -0.3 is 10.6 Å². The first-order valence-corrected chi connectivity index (χ1v) is 10.2. The first-order chi connectivity index (χ1) is 11.7. The van der Waals surface area contributed by atoms with Crippen molar-refractivity contribution in [3.8, 4) is 0 Å². The van der Waals surface area contributed by atoms with Crippen molar-refractivity contribution < 1.29 is 4.57 Å². The highest BCUT2D eigenvalue weighted by molar-refractivity contribution is 8.77. The average Bonchev–Trinajstić information content (AvgIpc) is 2.61. The lowest BCUT2D eigenvalue weighted by atomic mass is 10.1. The van der Waals surface area contributed by atoms with Crippen molar-refractivity contribution in [3.05, 3.63) is 65.3 Å². The third kappa shape index (κ3) is 6.07. The van der Waals surface area contributed by atoms with Crippen LogP contribution in [0.2, 0.25) is 0 Å². The van der Waals surface area contributed by atoms with Crippen molar-refractivity contribution >= 4 is 45.6 Å². The maximum atomic E-state index is 5.49. The summed E-state index contributed by atoms with van der Waals surface area (Å²) in [5, 5.41) is 2.09. The van der Waals surface area contributed by atoms with Gasteiger partial charge >= 0.3 is 0 Å². The Morgan fingerprint density at radius 1 is 1.08 bits per heavy atom. The summed E-state index contributed by atoms with van der Waals surface area (Å²) in [6, 6.07) is 14.7. The Kier molecular flexibility index (Phi) is 7.95. The van der Waals surface area contributed by atoms with Crippen molar-refractivity contribution in [2.45, 2.75) is 0 Å². The van der Waals surface area contributed by atoms with E-state index in [1.54, 1.807) is 21.6 Å². The topological polar surface area (TPSA) is 33.1 Å². The maximum absolute atomic E-state index is 5.49. The predicted octanol–water partition coefficient (Wildman–Crippen LogP) is 3.98. The Bertz CT molecular complexity index is 679. The van der Waals surface area contributed by atoms with Gasteiger partial charge in [-0.3, -0.25) is 0 Å². The minimum absolute atomic E-state index is 0.713. The number of nitrogens with two attached hydrogens (primary N) is 1. The molecule has 126 valence electrons. The second-order valence-corrected chi connectivity index (χ2v) is 7.74. The van der Waals surface area contributed by atoms with E-state index in [0.29, 0.717) is 6.54 Å². The van der Waals surface area contributed by atoms with Crippen molar-refractivity contribution in [2.75, 3.05) is 31.3 Å². The van der Waals surface area contributed by atoms with Crippen LogP contribution in [0.25, 0.3) is 18.4 Å². The zero-order chi connectivity index (χ0) is 17.2. The molecule has 24 heavy (non-hydrogen) atoms. The van der Waals surface area contributed by atoms with Crippen molar-refractivity contribution in [2.24, 2.45) is 5.73 Å². The van der Waals surface area contributed by atoms with Gasteiger partial charge in [0.05, 0.1) is 0 Å². The number of nitrogens with zero attached hydrogens (tertiary/aromatic N) is 2. The van der Waals surface area contributed by atoms with E-state index in [0.717, 1.165) is 11.4 Å². The van der Waals surface area contributed by atoms with Crippen LogP contribution in [0.5, 0.6) is 0 Å². The fraction of sp³-hybridized carbons (Fsp3) is 0.211. The largest absolute Gasteiger partial charge is 0.378 e. The number of anilines is 1. The Morgan fingerprint density at radius 2 is 1.88 bits per heavy atom. The lowest BCUT2D eigenvalue weighted by Crippen LogP contribution is -2.28. The standard InChI is InChI=1S/C19H24N3S2/c1-21(2)18-9-6-17(7-10-18)8-11-19-5-3-4-13-22(19)14-16-24-23-15-12-20/h3-11,13-14,16H,12,15,20H2,1-2H3/q+1/b16-14+. The number of aromatic nitrogens is 1. The van der Waals surface area contributed by atoms with Crippen LogP contribution in [-0.2, 0) is 0 Å². The highest BCUT2D eigenvalue weighted by Gasteiger charge is 2.02. The summed E-state index contributed by atoms with van der Waals surface area (Å²) in [5.74, 6) is 0.962. The number of pyridine rings is 1. The summed E-state index contributed by atoms with van der Waals surface area (Å²) < 4.78 is 2.11. The fourth-order valence-corrected chi connectivity index (χ4v) is 3.45. The Labute approximate surface area is 152 Å². The molecule has 0 aliphatic rings. The second-order valence-electron chi connectivity index (χ2n) is 5.34. The molecule has 0 aliphatic carbocycles. The summed E-state index contributed by atoms with van der Waals surface area (Å²) in [7, 11) is 7.57. The van der Waals surface area contributed by atoms with Gasteiger partial charge in [-0.05, 0) is 29.8 Å².